The average molecular weight is 417 g/mol. The van der Waals surface area contributed by atoms with E-state index in [4.69, 9.17) is 0 Å². The van der Waals surface area contributed by atoms with Gasteiger partial charge in [0.15, 0.2) is 0 Å². The molecule has 0 saturated heterocycles. The van der Waals surface area contributed by atoms with Gasteiger partial charge in [-0.3, -0.25) is 0 Å². The molecule has 1 fully saturated rings. The quantitative estimate of drug-likeness (QED) is 0.533. The zero-order chi connectivity index (χ0) is 14.9. The molecule has 0 atom stereocenters. The summed E-state index contributed by atoms with van der Waals surface area (Å²) in [7, 11) is 0. The van der Waals surface area contributed by atoms with Gasteiger partial charge in [-0.05, 0) is 56.8 Å². The summed E-state index contributed by atoms with van der Waals surface area (Å²) >= 11 is 7.33. The van der Waals surface area contributed by atoms with E-state index in [-0.39, 0.29) is 0 Å². The third-order valence-corrected chi connectivity index (χ3v) is 5.74. The van der Waals surface area contributed by atoms with Gasteiger partial charge in [-0.15, -0.1) is 0 Å². The molecule has 0 bridgehead atoms. The van der Waals surface area contributed by atoms with E-state index in [1.807, 2.05) is 0 Å². The molecule has 3 heteroatoms. The molecule has 21 heavy (non-hydrogen) atoms. The third-order valence-electron chi connectivity index (χ3n) is 4.42. The summed E-state index contributed by atoms with van der Waals surface area (Å²) in [6, 6.07) is 6.91. The molecule has 0 unspecified atom stereocenters. The zero-order valence-electron chi connectivity index (χ0n) is 12.8. The van der Waals surface area contributed by atoms with Crippen LogP contribution in [0.2, 0.25) is 0 Å². The highest BCUT2D eigenvalue weighted by atomic mass is 79.9. The summed E-state index contributed by atoms with van der Waals surface area (Å²) in [5, 5.41) is 3.78. The molecule has 1 saturated carbocycles. The molecule has 0 spiro atoms. The van der Waals surface area contributed by atoms with E-state index in [0.29, 0.717) is 6.04 Å². The smallest absolute Gasteiger partial charge is 0.0631 e. The molecule has 1 N–H and O–H groups in total. The Kier molecular flexibility index (Phi) is 8.16. The second-order valence-electron chi connectivity index (χ2n) is 6.20. The van der Waals surface area contributed by atoms with Gasteiger partial charge in [0.25, 0.3) is 0 Å². The topological polar surface area (TPSA) is 12.0 Å². The minimum absolute atomic E-state index is 0.611. The normalized spacial score (nSPS) is 19.5. The van der Waals surface area contributed by atoms with E-state index in [1.165, 1.54) is 76.3 Å². The van der Waals surface area contributed by atoms with Crippen molar-refractivity contribution in [3.63, 3.8) is 0 Å². The van der Waals surface area contributed by atoms with Crippen LogP contribution in [0.5, 0.6) is 0 Å². The van der Waals surface area contributed by atoms with Gasteiger partial charge < -0.3 is 5.32 Å². The number of rotatable bonds is 2. The van der Waals surface area contributed by atoms with Crippen molar-refractivity contribution >= 4 is 37.5 Å². The van der Waals surface area contributed by atoms with Gasteiger partial charge >= 0.3 is 0 Å². The van der Waals surface area contributed by atoms with Crippen molar-refractivity contribution in [2.75, 3.05) is 5.32 Å². The van der Waals surface area contributed by atoms with Crippen LogP contribution < -0.4 is 5.32 Å². The van der Waals surface area contributed by atoms with Gasteiger partial charge in [0.2, 0.25) is 0 Å². The summed E-state index contributed by atoms with van der Waals surface area (Å²) in [5.74, 6) is 0. The van der Waals surface area contributed by atoms with Crippen LogP contribution in [0.4, 0.5) is 5.69 Å². The highest BCUT2D eigenvalue weighted by Gasteiger charge is 2.12. The first-order valence-electron chi connectivity index (χ1n) is 8.48. The molecule has 1 aliphatic rings. The minimum Gasteiger partial charge on any atom is -0.380 e. The summed E-state index contributed by atoms with van der Waals surface area (Å²) in [6.45, 7) is 0. The standard InChI is InChI=1S/C18H27Br2N/c19-16-13-10-14-17(20)18(16)21-15-11-8-6-4-2-1-3-5-7-9-12-15/h10,13-15,21H,1-9,11-12H2. The van der Waals surface area contributed by atoms with Crippen LogP contribution in [0.15, 0.2) is 27.1 Å². The van der Waals surface area contributed by atoms with Crippen molar-refractivity contribution in [1.82, 2.24) is 0 Å². The van der Waals surface area contributed by atoms with Crippen LogP contribution in [0, 0.1) is 0 Å². The molecule has 0 radical (unpaired) electrons. The molecular formula is C18H27Br2N. The molecule has 1 nitrogen and oxygen atoms in total. The molecule has 2 rings (SSSR count). The number of para-hydroxylation sites is 1. The second kappa shape index (κ2) is 9.89. The maximum Gasteiger partial charge on any atom is 0.0631 e. The average Bonchev–Trinajstić information content (AvgIpc) is 2.45. The maximum absolute atomic E-state index is 3.78. The van der Waals surface area contributed by atoms with E-state index >= 15 is 0 Å². The fraction of sp³-hybridized carbons (Fsp3) is 0.667. The Morgan fingerprint density at radius 1 is 0.714 bits per heavy atom. The van der Waals surface area contributed by atoms with Crippen LogP contribution in [-0.2, 0) is 0 Å². The number of hydrogen-bond acceptors (Lipinski definition) is 1. The molecule has 1 aromatic rings. The first-order valence-corrected chi connectivity index (χ1v) is 10.1. The highest BCUT2D eigenvalue weighted by molar-refractivity contribution is 9.11. The Balaban J connectivity index is 1.94. The van der Waals surface area contributed by atoms with Crippen molar-refractivity contribution in [2.24, 2.45) is 0 Å². The van der Waals surface area contributed by atoms with Crippen molar-refractivity contribution in [3.05, 3.63) is 27.1 Å². The van der Waals surface area contributed by atoms with Gasteiger partial charge in [0.1, 0.15) is 0 Å². The second-order valence-corrected chi connectivity index (χ2v) is 7.91. The molecule has 1 aromatic carbocycles. The van der Waals surface area contributed by atoms with Crippen molar-refractivity contribution < 1.29 is 0 Å². The number of anilines is 1. The zero-order valence-corrected chi connectivity index (χ0v) is 16.0. The lowest BCUT2D eigenvalue weighted by atomic mass is 9.98. The number of nitrogens with one attached hydrogen (secondary N) is 1. The van der Waals surface area contributed by atoms with Gasteiger partial charge in [0, 0.05) is 15.0 Å². The molecule has 0 aliphatic heterocycles. The number of hydrogen-bond donors (Lipinski definition) is 1. The minimum atomic E-state index is 0.611. The summed E-state index contributed by atoms with van der Waals surface area (Å²) < 4.78 is 2.31. The molecule has 0 aromatic heterocycles. The Morgan fingerprint density at radius 2 is 1.14 bits per heavy atom. The maximum atomic E-state index is 3.78. The molecular weight excluding hydrogens is 390 g/mol. The van der Waals surface area contributed by atoms with Gasteiger partial charge in [-0.1, -0.05) is 63.9 Å². The number of halogens is 2. The van der Waals surface area contributed by atoms with Gasteiger partial charge in [0.05, 0.1) is 5.69 Å². The predicted molar refractivity (Wildman–Crippen MR) is 100 cm³/mol. The predicted octanol–water partition coefficient (Wildman–Crippen LogP) is 7.30. The van der Waals surface area contributed by atoms with Gasteiger partial charge in [-0.25, -0.2) is 0 Å². The van der Waals surface area contributed by atoms with Crippen LogP contribution in [0.1, 0.15) is 70.6 Å². The Bertz CT molecular complexity index is 387. The van der Waals surface area contributed by atoms with Crippen LogP contribution in [0.25, 0.3) is 0 Å². The fourth-order valence-corrected chi connectivity index (χ4v) is 4.37. The van der Waals surface area contributed by atoms with E-state index < -0.39 is 0 Å². The monoisotopic (exact) mass is 415 g/mol. The Labute approximate surface area is 146 Å². The first-order chi connectivity index (χ1) is 10.3. The van der Waals surface area contributed by atoms with Crippen molar-refractivity contribution in [3.8, 4) is 0 Å². The molecule has 118 valence electrons. The lowest BCUT2D eigenvalue weighted by Gasteiger charge is -2.22. The summed E-state index contributed by atoms with van der Waals surface area (Å²) in [4.78, 5) is 0. The molecule has 0 amide bonds. The van der Waals surface area contributed by atoms with Crippen LogP contribution in [-0.4, -0.2) is 6.04 Å². The van der Waals surface area contributed by atoms with E-state index in [1.54, 1.807) is 0 Å². The largest absolute Gasteiger partial charge is 0.380 e. The number of benzene rings is 1. The van der Waals surface area contributed by atoms with E-state index in [9.17, 15) is 0 Å². The Morgan fingerprint density at radius 3 is 1.62 bits per heavy atom. The third kappa shape index (κ3) is 6.32. The van der Waals surface area contributed by atoms with Crippen LogP contribution in [0.3, 0.4) is 0 Å². The summed E-state index contributed by atoms with van der Waals surface area (Å²) in [6.07, 6.45) is 15.3. The molecule has 1 aliphatic carbocycles. The van der Waals surface area contributed by atoms with Crippen molar-refractivity contribution in [2.45, 2.75) is 76.7 Å². The van der Waals surface area contributed by atoms with Crippen molar-refractivity contribution in [1.29, 1.82) is 0 Å². The lowest BCUT2D eigenvalue weighted by molar-refractivity contribution is 0.480. The lowest BCUT2D eigenvalue weighted by Crippen LogP contribution is -2.20. The Hall–Kier alpha value is -0.0200. The molecule has 0 heterocycles. The summed E-state index contributed by atoms with van der Waals surface area (Å²) in [5.41, 5.74) is 1.22. The van der Waals surface area contributed by atoms with E-state index in [2.05, 4.69) is 55.4 Å². The van der Waals surface area contributed by atoms with E-state index in [0.717, 1.165) is 8.95 Å². The highest BCUT2D eigenvalue weighted by Crippen LogP contribution is 2.32. The first kappa shape index (κ1) is 17.3. The fourth-order valence-electron chi connectivity index (χ4n) is 3.15. The SMILES string of the molecule is Brc1cccc(Br)c1NC1CCCCCCCCCCC1. The van der Waals surface area contributed by atoms with Gasteiger partial charge in [-0.2, -0.15) is 0 Å². The van der Waals surface area contributed by atoms with Crippen LogP contribution >= 0.6 is 31.9 Å².